The highest BCUT2D eigenvalue weighted by molar-refractivity contribution is 6.29. The summed E-state index contributed by atoms with van der Waals surface area (Å²) in [6.07, 6.45) is -7.34. The van der Waals surface area contributed by atoms with Gasteiger partial charge in [-0.2, -0.15) is 31.3 Å². The number of nitrogens with zero attached hydrogens (tertiary/aromatic N) is 5. The van der Waals surface area contributed by atoms with E-state index in [4.69, 9.17) is 11.6 Å². The van der Waals surface area contributed by atoms with Crippen LogP contribution in [-0.2, 0) is 6.18 Å². The van der Waals surface area contributed by atoms with Crippen LogP contribution in [0.1, 0.15) is 32.2 Å². The van der Waals surface area contributed by atoms with Gasteiger partial charge < -0.3 is 15.0 Å². The van der Waals surface area contributed by atoms with Crippen molar-refractivity contribution < 1.29 is 31.1 Å². The van der Waals surface area contributed by atoms with Gasteiger partial charge in [-0.05, 0) is 37.6 Å². The van der Waals surface area contributed by atoms with Gasteiger partial charge >= 0.3 is 12.4 Å². The van der Waals surface area contributed by atoms with Crippen LogP contribution in [-0.4, -0.2) is 51.5 Å². The number of rotatable bonds is 7. The molecule has 204 valence electrons. The Bertz CT molecular complexity index is 1190. The molecule has 0 bridgehead atoms. The Balaban J connectivity index is 0.000000333. The van der Waals surface area contributed by atoms with Crippen molar-refractivity contribution in [2.75, 3.05) is 29.9 Å². The maximum Gasteiger partial charge on any atom is 0.433 e. The number of hydrogen-bond acceptors (Lipinski definition) is 6. The topological polar surface area (TPSA) is 67.3 Å². The number of fused-ring (bicyclic) bond motifs is 1. The van der Waals surface area contributed by atoms with Crippen LogP contribution in [0.25, 0.3) is 5.65 Å². The molecule has 4 heterocycles. The zero-order valence-corrected chi connectivity index (χ0v) is 20.0. The SMILES string of the molecule is C.C=CC(CC)Nc1nc2c(OCC(F)(F)F)ccc(C(F)(F)F)n2n1.Cc1cc(N2CC2)cc(Cl)n1. The number of anilines is 2. The Morgan fingerprint density at radius 3 is 2.35 bits per heavy atom. The van der Waals surface area contributed by atoms with Crippen LogP contribution >= 0.6 is 11.6 Å². The lowest BCUT2D eigenvalue weighted by atomic mass is 10.2. The number of aromatic nitrogens is 4. The molecule has 0 radical (unpaired) electrons. The predicted octanol–water partition coefficient (Wildman–Crippen LogP) is 6.57. The molecule has 14 heteroatoms. The third-order valence-corrected chi connectivity index (χ3v) is 5.08. The maximum atomic E-state index is 13.1. The summed E-state index contributed by atoms with van der Waals surface area (Å²) in [5, 5.41) is 7.01. The Hall–Kier alpha value is -3.22. The smallest absolute Gasteiger partial charge is 0.433 e. The fraction of sp³-hybridized carbons (Fsp3) is 0.435. The molecule has 1 N–H and O–H groups in total. The number of ether oxygens (including phenoxy) is 1. The summed E-state index contributed by atoms with van der Waals surface area (Å²) < 4.78 is 81.1. The average molecular weight is 553 g/mol. The van der Waals surface area contributed by atoms with Crippen LogP contribution in [0.3, 0.4) is 0 Å². The second-order valence-electron chi connectivity index (χ2n) is 7.83. The lowest BCUT2D eigenvalue weighted by Crippen LogP contribution is -2.20. The van der Waals surface area contributed by atoms with Crippen LogP contribution in [0.5, 0.6) is 5.75 Å². The largest absolute Gasteiger partial charge is 0.480 e. The second-order valence-corrected chi connectivity index (χ2v) is 8.21. The van der Waals surface area contributed by atoms with Crippen LogP contribution in [0.4, 0.5) is 38.0 Å². The summed E-state index contributed by atoms with van der Waals surface area (Å²) in [5.41, 5.74) is 0.524. The van der Waals surface area contributed by atoms with Crippen molar-refractivity contribution in [3.63, 3.8) is 0 Å². The van der Waals surface area contributed by atoms with E-state index in [1.807, 2.05) is 13.0 Å². The summed E-state index contributed by atoms with van der Waals surface area (Å²) in [6.45, 7) is 7.96. The first-order valence-corrected chi connectivity index (χ1v) is 11.1. The molecule has 1 aliphatic heterocycles. The minimum Gasteiger partial charge on any atom is -0.480 e. The van der Waals surface area contributed by atoms with Gasteiger partial charge in [0.25, 0.3) is 0 Å². The fourth-order valence-electron chi connectivity index (χ4n) is 3.08. The van der Waals surface area contributed by atoms with Gasteiger partial charge in [0.05, 0.1) is 0 Å². The highest BCUT2D eigenvalue weighted by atomic mass is 35.5. The Morgan fingerprint density at radius 2 is 1.84 bits per heavy atom. The molecule has 0 aliphatic carbocycles. The molecule has 0 aromatic carbocycles. The average Bonchev–Trinajstić information content (AvgIpc) is 3.54. The fourth-order valence-corrected chi connectivity index (χ4v) is 3.33. The van der Waals surface area contributed by atoms with Crippen LogP contribution < -0.4 is 15.0 Å². The molecule has 3 aromatic rings. The first-order chi connectivity index (χ1) is 16.8. The monoisotopic (exact) mass is 552 g/mol. The molecule has 1 atom stereocenters. The van der Waals surface area contributed by atoms with Crippen molar-refractivity contribution in [2.45, 2.75) is 46.1 Å². The normalized spacial score (nSPS) is 13.8. The number of nitrogens with one attached hydrogen (secondary N) is 1. The standard InChI is InChI=1S/C14H14F6N4O.C8H9ClN2.CH4/c1-3-8(4-2)21-12-22-11-9(25-7-13(15,16)17)5-6-10(14(18,19)20)24(11)23-12;1-6-4-7(11-2-3-11)5-8(9)10-6;/h3,5-6,8H,1,4,7H2,2H3,(H,21,23);4-5H,2-3H2,1H3;1H4. The van der Waals surface area contributed by atoms with Crippen molar-refractivity contribution in [3.05, 3.63) is 53.5 Å². The second kappa shape index (κ2) is 11.9. The molecule has 1 saturated heterocycles. The van der Waals surface area contributed by atoms with E-state index < -0.39 is 36.1 Å². The zero-order chi connectivity index (χ0) is 26.7. The Morgan fingerprint density at radius 1 is 1.16 bits per heavy atom. The molecular formula is C23H27ClF6N6O. The number of pyridine rings is 2. The first-order valence-electron chi connectivity index (χ1n) is 10.8. The van der Waals surface area contributed by atoms with E-state index in [9.17, 15) is 26.3 Å². The molecule has 37 heavy (non-hydrogen) atoms. The van der Waals surface area contributed by atoms with Crippen molar-refractivity contribution in [1.29, 1.82) is 0 Å². The minimum absolute atomic E-state index is 0. The van der Waals surface area contributed by atoms with E-state index in [1.165, 1.54) is 11.8 Å². The van der Waals surface area contributed by atoms with Gasteiger partial charge in [0.15, 0.2) is 18.0 Å². The quantitative estimate of drug-likeness (QED) is 0.155. The molecule has 1 aliphatic rings. The summed E-state index contributed by atoms with van der Waals surface area (Å²) in [5.74, 6) is -0.641. The van der Waals surface area contributed by atoms with Gasteiger partial charge in [-0.25, -0.2) is 9.50 Å². The Labute approximate surface area is 215 Å². The number of alkyl halides is 6. The first kappa shape index (κ1) is 30.0. The summed E-state index contributed by atoms with van der Waals surface area (Å²) in [4.78, 5) is 10.2. The molecule has 0 amide bonds. The maximum absolute atomic E-state index is 13.1. The van der Waals surface area contributed by atoms with E-state index in [0.717, 1.165) is 24.8 Å². The summed E-state index contributed by atoms with van der Waals surface area (Å²) >= 11 is 5.78. The van der Waals surface area contributed by atoms with E-state index >= 15 is 0 Å². The van der Waals surface area contributed by atoms with Crippen molar-refractivity contribution >= 4 is 28.9 Å². The third-order valence-electron chi connectivity index (χ3n) is 4.89. The van der Waals surface area contributed by atoms with Crippen molar-refractivity contribution in [3.8, 4) is 5.75 Å². The van der Waals surface area contributed by atoms with E-state index in [2.05, 4.69) is 42.7 Å². The van der Waals surface area contributed by atoms with E-state index in [1.54, 1.807) is 6.92 Å². The summed E-state index contributed by atoms with van der Waals surface area (Å²) in [6, 6.07) is 5.02. The van der Waals surface area contributed by atoms with Gasteiger partial charge in [-0.3, -0.25) is 0 Å². The van der Waals surface area contributed by atoms with Crippen molar-refractivity contribution in [2.24, 2.45) is 0 Å². The van der Waals surface area contributed by atoms with Gasteiger partial charge in [0.1, 0.15) is 10.8 Å². The van der Waals surface area contributed by atoms with Gasteiger partial charge in [-0.1, -0.05) is 32.0 Å². The highest BCUT2D eigenvalue weighted by Crippen LogP contribution is 2.33. The third kappa shape index (κ3) is 8.41. The molecule has 1 unspecified atom stereocenters. The minimum atomic E-state index is -4.77. The molecule has 0 spiro atoms. The van der Waals surface area contributed by atoms with Crippen LogP contribution in [0.2, 0.25) is 5.15 Å². The number of aryl methyl sites for hydroxylation is 1. The lowest BCUT2D eigenvalue weighted by Gasteiger charge is -2.12. The molecule has 0 saturated carbocycles. The number of hydrogen-bond donors (Lipinski definition) is 1. The Kier molecular flexibility index (Phi) is 9.64. The molecule has 1 fully saturated rings. The zero-order valence-electron chi connectivity index (χ0n) is 19.3. The lowest BCUT2D eigenvalue weighted by molar-refractivity contribution is -0.153. The predicted molar refractivity (Wildman–Crippen MR) is 130 cm³/mol. The highest BCUT2D eigenvalue weighted by Gasteiger charge is 2.36. The number of halogens is 7. The molecular weight excluding hydrogens is 526 g/mol. The van der Waals surface area contributed by atoms with Gasteiger partial charge in [0.2, 0.25) is 5.95 Å². The van der Waals surface area contributed by atoms with Crippen LogP contribution in [0, 0.1) is 6.92 Å². The van der Waals surface area contributed by atoms with Crippen molar-refractivity contribution in [1.82, 2.24) is 19.6 Å². The molecule has 3 aromatic heterocycles. The van der Waals surface area contributed by atoms with Crippen LogP contribution in [0.15, 0.2) is 36.9 Å². The van der Waals surface area contributed by atoms with E-state index in [0.29, 0.717) is 22.2 Å². The molecule has 7 nitrogen and oxygen atoms in total. The molecule has 4 rings (SSSR count). The van der Waals surface area contributed by atoms with E-state index in [-0.39, 0.29) is 19.4 Å². The van der Waals surface area contributed by atoms with Gasteiger partial charge in [-0.15, -0.1) is 11.7 Å². The van der Waals surface area contributed by atoms with Gasteiger partial charge in [0, 0.05) is 30.5 Å². The summed E-state index contributed by atoms with van der Waals surface area (Å²) in [7, 11) is 0.